The van der Waals surface area contributed by atoms with Crippen LogP contribution in [0.15, 0.2) is 29.7 Å². The molecule has 5 nitrogen and oxygen atoms in total. The van der Waals surface area contributed by atoms with Crippen molar-refractivity contribution in [1.29, 1.82) is 0 Å². The lowest BCUT2D eigenvalue weighted by atomic mass is 9.97. The lowest BCUT2D eigenvalue weighted by molar-refractivity contribution is 0.0669. The van der Waals surface area contributed by atoms with Crippen LogP contribution in [0.2, 0.25) is 0 Å². The maximum Gasteiger partial charge on any atom is 0.191 e. The molecule has 3 heterocycles. The molecule has 0 aromatic carbocycles. The lowest BCUT2D eigenvalue weighted by Gasteiger charge is -2.26. The highest BCUT2D eigenvalue weighted by molar-refractivity contribution is 7.99. The molecule has 112 valence electrons. The van der Waals surface area contributed by atoms with Crippen molar-refractivity contribution in [3.63, 3.8) is 0 Å². The number of ether oxygens (including phenoxy) is 1. The van der Waals surface area contributed by atoms with E-state index in [1.165, 1.54) is 0 Å². The zero-order valence-electron chi connectivity index (χ0n) is 12.4. The highest BCUT2D eigenvalue weighted by atomic mass is 32.2. The molecule has 2 aromatic heterocycles. The highest BCUT2D eigenvalue weighted by Gasteiger charge is 2.23. The van der Waals surface area contributed by atoms with Crippen molar-refractivity contribution in [2.75, 3.05) is 13.2 Å². The summed E-state index contributed by atoms with van der Waals surface area (Å²) in [6.07, 6.45) is 5.87. The van der Waals surface area contributed by atoms with Gasteiger partial charge in [0.2, 0.25) is 0 Å². The molecule has 0 bridgehead atoms. The van der Waals surface area contributed by atoms with E-state index < -0.39 is 0 Å². The van der Waals surface area contributed by atoms with Crippen LogP contribution in [-0.4, -0.2) is 38.2 Å². The molecule has 21 heavy (non-hydrogen) atoms. The summed E-state index contributed by atoms with van der Waals surface area (Å²) in [5, 5.41) is 10.1. The van der Waals surface area contributed by atoms with Gasteiger partial charge in [0, 0.05) is 43.5 Å². The molecule has 6 heteroatoms. The average molecular weight is 304 g/mol. The van der Waals surface area contributed by atoms with Gasteiger partial charge in [-0.25, -0.2) is 0 Å². The molecule has 1 atom stereocenters. The minimum atomic E-state index is 0.526. The van der Waals surface area contributed by atoms with Crippen LogP contribution in [-0.2, 0) is 11.8 Å². The van der Waals surface area contributed by atoms with Crippen molar-refractivity contribution >= 4 is 11.8 Å². The van der Waals surface area contributed by atoms with Gasteiger partial charge in [-0.2, -0.15) is 0 Å². The first kappa shape index (κ1) is 14.5. The maximum absolute atomic E-state index is 5.44. The molecule has 3 rings (SSSR count). The normalized spacial score (nSPS) is 17.8. The van der Waals surface area contributed by atoms with Gasteiger partial charge in [0.25, 0.3) is 0 Å². The molecule has 1 aliphatic rings. The molecular weight excluding hydrogens is 284 g/mol. The molecule has 0 radical (unpaired) electrons. The fourth-order valence-corrected chi connectivity index (χ4v) is 3.74. The average Bonchev–Trinajstić information content (AvgIpc) is 2.90. The summed E-state index contributed by atoms with van der Waals surface area (Å²) in [4.78, 5) is 4.14. The largest absolute Gasteiger partial charge is 0.381 e. The van der Waals surface area contributed by atoms with Crippen LogP contribution in [0, 0.1) is 5.92 Å². The molecule has 0 N–H and O–H groups in total. The molecule has 0 amide bonds. The smallest absolute Gasteiger partial charge is 0.191 e. The first-order valence-corrected chi connectivity index (χ1v) is 8.18. The third-order valence-electron chi connectivity index (χ3n) is 3.98. The molecule has 0 saturated carbocycles. The second-order valence-electron chi connectivity index (χ2n) is 5.38. The van der Waals surface area contributed by atoms with Crippen LogP contribution < -0.4 is 0 Å². The molecule has 1 unspecified atom stereocenters. The Hall–Kier alpha value is -1.40. The molecule has 1 fully saturated rings. The Morgan fingerprint density at radius 2 is 2.14 bits per heavy atom. The molecule has 2 aromatic rings. The van der Waals surface area contributed by atoms with E-state index >= 15 is 0 Å². The lowest BCUT2D eigenvalue weighted by Crippen LogP contribution is -2.23. The van der Waals surface area contributed by atoms with E-state index in [1.54, 1.807) is 18.0 Å². The second kappa shape index (κ2) is 6.58. The number of pyridine rings is 1. The van der Waals surface area contributed by atoms with Crippen LogP contribution in [0.25, 0.3) is 11.4 Å². The zero-order valence-corrected chi connectivity index (χ0v) is 13.2. The Balaban J connectivity index is 1.73. The topological polar surface area (TPSA) is 52.8 Å². The Bertz CT molecular complexity index is 581. The number of hydrogen-bond acceptors (Lipinski definition) is 5. The Kier molecular flexibility index (Phi) is 4.55. The third-order valence-corrected chi connectivity index (χ3v) is 5.30. The van der Waals surface area contributed by atoms with Crippen LogP contribution in [0.4, 0.5) is 0 Å². The number of hydrogen-bond donors (Lipinski definition) is 0. The number of thioether (sulfide) groups is 1. The summed E-state index contributed by atoms with van der Waals surface area (Å²) in [6.45, 7) is 4.05. The van der Waals surface area contributed by atoms with Gasteiger partial charge >= 0.3 is 0 Å². The first-order chi connectivity index (χ1) is 10.3. The van der Waals surface area contributed by atoms with E-state index in [4.69, 9.17) is 4.74 Å². The van der Waals surface area contributed by atoms with Gasteiger partial charge in [-0.05, 0) is 30.9 Å². The van der Waals surface area contributed by atoms with Crippen molar-refractivity contribution in [3.8, 4) is 11.4 Å². The monoisotopic (exact) mass is 304 g/mol. The minimum absolute atomic E-state index is 0.526. The summed E-state index contributed by atoms with van der Waals surface area (Å²) in [5.41, 5.74) is 0.998. The zero-order chi connectivity index (χ0) is 14.7. The number of rotatable bonds is 4. The van der Waals surface area contributed by atoms with Gasteiger partial charge < -0.3 is 9.30 Å². The van der Waals surface area contributed by atoms with Crippen LogP contribution in [0.1, 0.15) is 19.8 Å². The number of aromatic nitrogens is 4. The predicted molar refractivity (Wildman–Crippen MR) is 83.1 cm³/mol. The minimum Gasteiger partial charge on any atom is -0.381 e. The van der Waals surface area contributed by atoms with Crippen molar-refractivity contribution in [1.82, 2.24) is 19.7 Å². The molecule has 1 saturated heterocycles. The molecule has 1 aliphatic heterocycles. The first-order valence-electron chi connectivity index (χ1n) is 7.30. The quantitative estimate of drug-likeness (QED) is 0.813. The van der Waals surface area contributed by atoms with Crippen molar-refractivity contribution in [3.05, 3.63) is 24.5 Å². The van der Waals surface area contributed by atoms with Crippen molar-refractivity contribution < 1.29 is 4.74 Å². The van der Waals surface area contributed by atoms with E-state index in [0.29, 0.717) is 11.2 Å². The van der Waals surface area contributed by atoms with Gasteiger partial charge in [0.05, 0.1) is 0 Å². The van der Waals surface area contributed by atoms with E-state index in [0.717, 1.165) is 42.6 Å². The molecule has 0 spiro atoms. The third kappa shape index (κ3) is 3.27. The van der Waals surface area contributed by atoms with Gasteiger partial charge in [-0.3, -0.25) is 4.98 Å². The molecule has 0 aliphatic carbocycles. The Morgan fingerprint density at radius 1 is 1.33 bits per heavy atom. The van der Waals surface area contributed by atoms with Gasteiger partial charge in [-0.1, -0.05) is 18.7 Å². The van der Waals surface area contributed by atoms with E-state index in [1.807, 2.05) is 25.4 Å². The van der Waals surface area contributed by atoms with Crippen molar-refractivity contribution in [2.45, 2.75) is 30.2 Å². The van der Waals surface area contributed by atoms with E-state index in [2.05, 4.69) is 26.7 Å². The van der Waals surface area contributed by atoms with Crippen LogP contribution >= 0.6 is 11.8 Å². The second-order valence-corrected chi connectivity index (χ2v) is 6.72. The van der Waals surface area contributed by atoms with Crippen molar-refractivity contribution in [2.24, 2.45) is 13.0 Å². The summed E-state index contributed by atoms with van der Waals surface area (Å²) in [6, 6.07) is 3.93. The fourth-order valence-electron chi connectivity index (χ4n) is 2.61. The number of nitrogens with zero attached hydrogens (tertiary/aromatic N) is 4. The summed E-state index contributed by atoms with van der Waals surface area (Å²) < 4.78 is 7.49. The van der Waals surface area contributed by atoms with Gasteiger partial charge in [0.1, 0.15) is 0 Å². The summed E-state index contributed by atoms with van der Waals surface area (Å²) in [5.74, 6) is 1.56. The van der Waals surface area contributed by atoms with Crippen LogP contribution in [0.3, 0.4) is 0 Å². The van der Waals surface area contributed by atoms with Gasteiger partial charge in [0.15, 0.2) is 11.0 Å². The van der Waals surface area contributed by atoms with Crippen LogP contribution in [0.5, 0.6) is 0 Å². The Labute approximate surface area is 129 Å². The standard InChI is InChI=1S/C15H20N4OS/c1-11(12-5-8-20-9-6-12)21-15-18-17-14(19(15)2)13-4-3-7-16-10-13/h3-4,7,10-12H,5-6,8-9H2,1-2H3. The molecular formula is C15H20N4OS. The predicted octanol–water partition coefficient (Wildman–Crippen LogP) is 2.78. The van der Waals surface area contributed by atoms with Gasteiger partial charge in [-0.15, -0.1) is 10.2 Å². The van der Waals surface area contributed by atoms with E-state index in [9.17, 15) is 0 Å². The fraction of sp³-hybridized carbons (Fsp3) is 0.533. The SMILES string of the molecule is CC(Sc1nnc(-c2cccnc2)n1C)C1CCOCC1. The Morgan fingerprint density at radius 3 is 2.86 bits per heavy atom. The highest BCUT2D eigenvalue weighted by Crippen LogP contribution is 2.32. The summed E-state index contributed by atoms with van der Waals surface area (Å²) >= 11 is 1.81. The maximum atomic E-state index is 5.44. The van der Waals surface area contributed by atoms with E-state index in [-0.39, 0.29) is 0 Å². The summed E-state index contributed by atoms with van der Waals surface area (Å²) in [7, 11) is 2.02.